The first-order valence-electron chi connectivity index (χ1n) is 5.13. The van der Waals surface area contributed by atoms with Gasteiger partial charge in [-0.15, -0.1) is 11.6 Å². The average molecular weight is 268 g/mol. The number of hydrogen-bond acceptors (Lipinski definition) is 2. The second-order valence-corrected chi connectivity index (χ2v) is 4.33. The van der Waals surface area contributed by atoms with E-state index in [0.717, 1.165) is 22.6 Å². The van der Waals surface area contributed by atoms with Crippen molar-refractivity contribution >= 4 is 23.2 Å². The van der Waals surface area contributed by atoms with Crippen LogP contribution in [-0.2, 0) is 5.88 Å². The molecule has 0 bridgehead atoms. The highest BCUT2D eigenvalue weighted by Gasteiger charge is 2.06. The Morgan fingerprint density at radius 2 is 2.06 bits per heavy atom. The number of benzene rings is 1. The third kappa shape index (κ3) is 2.90. The summed E-state index contributed by atoms with van der Waals surface area (Å²) in [6.45, 7) is 1.95. The molecular formula is C13H11Cl2NO. The zero-order chi connectivity index (χ0) is 12.3. The number of nitrogens with zero attached hydrogens (tertiary/aromatic N) is 1. The first-order chi connectivity index (χ1) is 8.20. The van der Waals surface area contributed by atoms with E-state index in [2.05, 4.69) is 4.98 Å². The minimum Gasteiger partial charge on any atom is -0.457 e. The maximum atomic E-state index is 5.89. The van der Waals surface area contributed by atoms with Crippen molar-refractivity contribution in [1.82, 2.24) is 4.98 Å². The average Bonchev–Trinajstić information content (AvgIpc) is 2.33. The standard InChI is InChI=1S/C13H11Cl2NO/c1-9-6-11(15)2-3-12(9)17-13-4-5-16-8-10(13)7-14/h2-6,8H,7H2,1H3. The quantitative estimate of drug-likeness (QED) is 0.760. The Morgan fingerprint density at radius 3 is 2.76 bits per heavy atom. The molecule has 88 valence electrons. The molecule has 4 heteroatoms. The van der Waals surface area contributed by atoms with Crippen LogP contribution in [0.5, 0.6) is 11.5 Å². The van der Waals surface area contributed by atoms with Gasteiger partial charge in [-0.3, -0.25) is 4.98 Å². The molecule has 2 rings (SSSR count). The van der Waals surface area contributed by atoms with Gasteiger partial charge in [-0.05, 0) is 36.8 Å². The van der Waals surface area contributed by atoms with Crippen molar-refractivity contribution in [2.24, 2.45) is 0 Å². The van der Waals surface area contributed by atoms with Crippen molar-refractivity contribution in [2.75, 3.05) is 0 Å². The van der Waals surface area contributed by atoms with Crippen LogP contribution in [0.25, 0.3) is 0 Å². The van der Waals surface area contributed by atoms with E-state index in [4.69, 9.17) is 27.9 Å². The molecule has 1 heterocycles. The molecule has 1 aromatic carbocycles. The van der Waals surface area contributed by atoms with Gasteiger partial charge < -0.3 is 4.74 Å². The summed E-state index contributed by atoms with van der Waals surface area (Å²) in [4.78, 5) is 4.01. The summed E-state index contributed by atoms with van der Waals surface area (Å²) in [5.41, 5.74) is 1.85. The monoisotopic (exact) mass is 267 g/mol. The van der Waals surface area contributed by atoms with Gasteiger partial charge in [-0.1, -0.05) is 11.6 Å². The van der Waals surface area contributed by atoms with Crippen LogP contribution in [0.3, 0.4) is 0 Å². The topological polar surface area (TPSA) is 22.1 Å². The first-order valence-corrected chi connectivity index (χ1v) is 6.05. The molecule has 0 atom stereocenters. The highest BCUT2D eigenvalue weighted by Crippen LogP contribution is 2.29. The lowest BCUT2D eigenvalue weighted by Gasteiger charge is -2.11. The van der Waals surface area contributed by atoms with Gasteiger partial charge in [0.25, 0.3) is 0 Å². The van der Waals surface area contributed by atoms with E-state index in [1.54, 1.807) is 24.5 Å². The minimum absolute atomic E-state index is 0.371. The summed E-state index contributed by atoms with van der Waals surface area (Å²) >= 11 is 11.7. The van der Waals surface area contributed by atoms with E-state index in [1.807, 2.05) is 19.1 Å². The Bertz CT molecular complexity index is 529. The lowest BCUT2D eigenvalue weighted by atomic mass is 10.2. The van der Waals surface area contributed by atoms with E-state index in [9.17, 15) is 0 Å². The molecule has 2 nitrogen and oxygen atoms in total. The zero-order valence-corrected chi connectivity index (χ0v) is 10.8. The molecule has 17 heavy (non-hydrogen) atoms. The predicted octanol–water partition coefficient (Wildman–Crippen LogP) is 4.57. The molecule has 0 aliphatic rings. The highest BCUT2D eigenvalue weighted by molar-refractivity contribution is 6.30. The number of aryl methyl sites for hydroxylation is 1. The third-order valence-corrected chi connectivity index (χ3v) is 2.88. The van der Waals surface area contributed by atoms with Crippen LogP contribution in [0, 0.1) is 6.92 Å². The van der Waals surface area contributed by atoms with Crippen molar-refractivity contribution < 1.29 is 4.74 Å². The molecule has 0 saturated carbocycles. The number of alkyl halides is 1. The molecule has 0 spiro atoms. The smallest absolute Gasteiger partial charge is 0.134 e. The molecule has 0 unspecified atom stereocenters. The van der Waals surface area contributed by atoms with E-state index in [0.29, 0.717) is 10.9 Å². The maximum absolute atomic E-state index is 5.89. The van der Waals surface area contributed by atoms with Crippen molar-refractivity contribution in [3.8, 4) is 11.5 Å². The zero-order valence-electron chi connectivity index (χ0n) is 9.28. The van der Waals surface area contributed by atoms with Crippen LogP contribution in [0.1, 0.15) is 11.1 Å². The Hall–Kier alpha value is -1.25. The molecule has 0 saturated heterocycles. The number of rotatable bonds is 3. The summed E-state index contributed by atoms with van der Waals surface area (Å²) in [7, 11) is 0. The van der Waals surface area contributed by atoms with Crippen molar-refractivity contribution in [3.63, 3.8) is 0 Å². The lowest BCUT2D eigenvalue weighted by Crippen LogP contribution is -1.92. The van der Waals surface area contributed by atoms with E-state index < -0.39 is 0 Å². The Labute approximate surface area is 110 Å². The van der Waals surface area contributed by atoms with E-state index >= 15 is 0 Å². The lowest BCUT2D eigenvalue weighted by molar-refractivity contribution is 0.474. The highest BCUT2D eigenvalue weighted by atomic mass is 35.5. The molecule has 0 fully saturated rings. The van der Waals surface area contributed by atoms with Crippen LogP contribution in [-0.4, -0.2) is 4.98 Å². The van der Waals surface area contributed by atoms with Gasteiger partial charge in [-0.2, -0.15) is 0 Å². The van der Waals surface area contributed by atoms with Gasteiger partial charge in [0.15, 0.2) is 0 Å². The molecule has 0 aliphatic carbocycles. The third-order valence-electron chi connectivity index (χ3n) is 2.36. The Kier molecular flexibility index (Phi) is 3.87. The number of halogens is 2. The van der Waals surface area contributed by atoms with Crippen molar-refractivity contribution in [3.05, 3.63) is 52.8 Å². The minimum atomic E-state index is 0.371. The summed E-state index contributed by atoms with van der Waals surface area (Å²) in [5, 5.41) is 0.696. The predicted molar refractivity (Wildman–Crippen MR) is 70.1 cm³/mol. The van der Waals surface area contributed by atoms with E-state index in [1.165, 1.54) is 0 Å². The molecule has 0 N–H and O–H groups in total. The molecule has 2 aromatic rings. The maximum Gasteiger partial charge on any atom is 0.134 e. The molecule has 0 radical (unpaired) electrons. The number of aromatic nitrogens is 1. The summed E-state index contributed by atoms with van der Waals surface area (Å²) in [6, 6.07) is 7.30. The number of hydrogen-bond donors (Lipinski definition) is 0. The summed E-state index contributed by atoms with van der Waals surface area (Å²) in [6.07, 6.45) is 3.38. The van der Waals surface area contributed by atoms with Gasteiger partial charge in [0.05, 0.1) is 5.88 Å². The van der Waals surface area contributed by atoms with E-state index in [-0.39, 0.29) is 0 Å². The van der Waals surface area contributed by atoms with Gasteiger partial charge in [0.2, 0.25) is 0 Å². The van der Waals surface area contributed by atoms with Crippen LogP contribution in [0.4, 0.5) is 0 Å². The van der Waals surface area contributed by atoms with Gasteiger partial charge in [0.1, 0.15) is 11.5 Å². The number of pyridine rings is 1. The SMILES string of the molecule is Cc1cc(Cl)ccc1Oc1ccncc1CCl. The van der Waals surface area contributed by atoms with Gasteiger partial charge >= 0.3 is 0 Å². The number of ether oxygens (including phenoxy) is 1. The van der Waals surface area contributed by atoms with Crippen LogP contribution in [0.2, 0.25) is 5.02 Å². The molecule has 1 aromatic heterocycles. The molecule has 0 aliphatic heterocycles. The van der Waals surface area contributed by atoms with Crippen molar-refractivity contribution in [2.45, 2.75) is 12.8 Å². The second-order valence-electron chi connectivity index (χ2n) is 3.63. The van der Waals surface area contributed by atoms with Crippen LogP contribution < -0.4 is 4.74 Å². The largest absolute Gasteiger partial charge is 0.457 e. The summed E-state index contributed by atoms with van der Waals surface area (Å²) in [5.74, 6) is 1.86. The van der Waals surface area contributed by atoms with Crippen molar-refractivity contribution in [1.29, 1.82) is 0 Å². The molecule has 0 amide bonds. The Balaban J connectivity index is 2.31. The van der Waals surface area contributed by atoms with Gasteiger partial charge in [0, 0.05) is 23.0 Å². The molecular weight excluding hydrogens is 257 g/mol. The van der Waals surface area contributed by atoms with Gasteiger partial charge in [-0.25, -0.2) is 0 Å². The Morgan fingerprint density at radius 1 is 1.24 bits per heavy atom. The first kappa shape index (κ1) is 12.2. The fourth-order valence-corrected chi connectivity index (χ4v) is 1.89. The normalized spacial score (nSPS) is 10.3. The van der Waals surface area contributed by atoms with Crippen LogP contribution in [0.15, 0.2) is 36.7 Å². The fraction of sp³-hybridized carbons (Fsp3) is 0.154. The summed E-state index contributed by atoms with van der Waals surface area (Å²) < 4.78 is 5.80. The second kappa shape index (κ2) is 5.39. The fourth-order valence-electron chi connectivity index (χ4n) is 1.46. The van der Waals surface area contributed by atoms with Crippen LogP contribution >= 0.6 is 23.2 Å².